The van der Waals surface area contributed by atoms with Crippen molar-refractivity contribution in [3.63, 3.8) is 0 Å². The molecule has 0 aliphatic carbocycles. The number of nitrogens with one attached hydrogen (secondary N) is 1. The lowest BCUT2D eigenvalue weighted by Crippen LogP contribution is -2.30. The van der Waals surface area contributed by atoms with E-state index in [1.54, 1.807) is 12.5 Å². The summed E-state index contributed by atoms with van der Waals surface area (Å²) in [5.74, 6) is 1.17. The zero-order chi connectivity index (χ0) is 21.4. The van der Waals surface area contributed by atoms with Gasteiger partial charge in [0.1, 0.15) is 17.6 Å². The van der Waals surface area contributed by atoms with Crippen LogP contribution in [0.25, 0.3) is 10.8 Å². The van der Waals surface area contributed by atoms with Gasteiger partial charge in [-0.1, -0.05) is 42.5 Å². The second-order valence-electron chi connectivity index (χ2n) is 8.19. The Balaban J connectivity index is 1.69. The van der Waals surface area contributed by atoms with Gasteiger partial charge in [0.2, 0.25) is 5.88 Å². The summed E-state index contributed by atoms with van der Waals surface area (Å²) in [5.41, 5.74) is 3.31. The lowest BCUT2D eigenvalue weighted by molar-refractivity contribution is 0.379. The minimum absolute atomic E-state index is 0.154. The van der Waals surface area contributed by atoms with E-state index in [-0.39, 0.29) is 5.92 Å². The lowest BCUT2D eigenvalue weighted by Gasteiger charge is -2.29. The maximum atomic E-state index is 9.00. The summed E-state index contributed by atoms with van der Waals surface area (Å²) in [6.07, 6.45) is 6.33. The fourth-order valence-electron chi connectivity index (χ4n) is 4.32. The Kier molecular flexibility index (Phi) is 5.00. The monoisotopic (exact) mass is 411 g/mol. The topological polar surface area (TPSA) is 67.0 Å². The highest BCUT2D eigenvalue weighted by molar-refractivity contribution is 5.91. The molecule has 31 heavy (non-hydrogen) atoms. The SMILES string of the molecule is CN(C)CCCn1cnc2c(c1=N)C(c1cccnc1)c1ccc3ccccc3c1O2. The molecule has 0 bridgehead atoms. The second kappa shape index (κ2) is 7.96. The molecule has 0 fully saturated rings. The molecule has 5 rings (SSSR count). The molecule has 4 aromatic rings. The van der Waals surface area contributed by atoms with E-state index in [2.05, 4.69) is 59.3 Å². The van der Waals surface area contributed by atoms with Crippen LogP contribution in [-0.2, 0) is 6.54 Å². The van der Waals surface area contributed by atoms with Gasteiger partial charge in [-0.25, -0.2) is 4.98 Å². The van der Waals surface area contributed by atoms with Crippen molar-refractivity contribution in [3.8, 4) is 11.6 Å². The van der Waals surface area contributed by atoms with Crippen molar-refractivity contribution in [2.75, 3.05) is 20.6 Å². The predicted molar refractivity (Wildman–Crippen MR) is 120 cm³/mol. The number of hydrogen-bond acceptors (Lipinski definition) is 5. The third-order valence-corrected chi connectivity index (χ3v) is 5.82. The molecular weight excluding hydrogens is 386 g/mol. The largest absolute Gasteiger partial charge is 0.438 e. The van der Waals surface area contributed by atoms with Crippen molar-refractivity contribution in [2.24, 2.45) is 0 Å². The molecule has 6 heteroatoms. The second-order valence-corrected chi connectivity index (χ2v) is 8.19. The van der Waals surface area contributed by atoms with E-state index < -0.39 is 0 Å². The first kappa shape index (κ1) is 19.5. The first-order valence-electron chi connectivity index (χ1n) is 10.5. The molecule has 1 atom stereocenters. The minimum Gasteiger partial charge on any atom is -0.438 e. The molecule has 3 heterocycles. The van der Waals surface area contributed by atoms with Crippen LogP contribution in [0.15, 0.2) is 67.3 Å². The summed E-state index contributed by atoms with van der Waals surface area (Å²) < 4.78 is 8.27. The molecular formula is C25H25N5O. The van der Waals surface area contributed by atoms with Crippen LogP contribution in [0.1, 0.15) is 29.0 Å². The van der Waals surface area contributed by atoms with Crippen molar-refractivity contribution in [1.29, 1.82) is 5.41 Å². The molecule has 1 N–H and O–H groups in total. The molecule has 1 aliphatic heterocycles. The van der Waals surface area contributed by atoms with Gasteiger partial charge >= 0.3 is 0 Å². The summed E-state index contributed by atoms with van der Waals surface area (Å²) >= 11 is 0. The van der Waals surface area contributed by atoms with Gasteiger partial charge in [-0.05, 0) is 44.1 Å². The van der Waals surface area contributed by atoms with Crippen LogP contribution < -0.4 is 10.2 Å². The number of pyridine rings is 1. The predicted octanol–water partition coefficient (Wildman–Crippen LogP) is 4.15. The zero-order valence-corrected chi connectivity index (χ0v) is 17.7. The van der Waals surface area contributed by atoms with Crippen LogP contribution in [0, 0.1) is 5.41 Å². The van der Waals surface area contributed by atoms with E-state index in [0.29, 0.717) is 11.4 Å². The van der Waals surface area contributed by atoms with Gasteiger partial charge < -0.3 is 14.2 Å². The number of ether oxygens (including phenoxy) is 1. The summed E-state index contributed by atoms with van der Waals surface area (Å²) in [6.45, 7) is 1.70. The van der Waals surface area contributed by atoms with Crippen LogP contribution in [-0.4, -0.2) is 40.1 Å². The Bertz CT molecular complexity index is 1300. The smallest absolute Gasteiger partial charge is 0.228 e. The zero-order valence-electron chi connectivity index (χ0n) is 17.7. The van der Waals surface area contributed by atoms with Gasteiger partial charge in [0.25, 0.3) is 0 Å². The molecule has 1 aliphatic rings. The number of aromatic nitrogens is 3. The average Bonchev–Trinajstić information content (AvgIpc) is 2.79. The van der Waals surface area contributed by atoms with Crippen molar-refractivity contribution in [1.82, 2.24) is 19.4 Å². The van der Waals surface area contributed by atoms with Crippen molar-refractivity contribution >= 4 is 10.8 Å². The number of aryl methyl sites for hydroxylation is 1. The number of rotatable bonds is 5. The van der Waals surface area contributed by atoms with Gasteiger partial charge in [0.15, 0.2) is 0 Å². The molecule has 2 aromatic carbocycles. The van der Waals surface area contributed by atoms with E-state index in [0.717, 1.165) is 52.7 Å². The van der Waals surface area contributed by atoms with Crippen LogP contribution in [0.3, 0.4) is 0 Å². The van der Waals surface area contributed by atoms with Crippen molar-refractivity contribution < 1.29 is 4.74 Å². The molecule has 1 unspecified atom stereocenters. The van der Waals surface area contributed by atoms with Gasteiger partial charge in [-0.2, -0.15) is 0 Å². The maximum absolute atomic E-state index is 9.00. The average molecular weight is 412 g/mol. The van der Waals surface area contributed by atoms with E-state index in [9.17, 15) is 0 Å². The molecule has 0 saturated carbocycles. The molecule has 6 nitrogen and oxygen atoms in total. The molecule has 0 radical (unpaired) electrons. The lowest BCUT2D eigenvalue weighted by atomic mass is 9.83. The Morgan fingerprint density at radius 2 is 1.97 bits per heavy atom. The van der Waals surface area contributed by atoms with Crippen LogP contribution in [0.2, 0.25) is 0 Å². The number of benzene rings is 2. The fraction of sp³-hybridized carbons (Fsp3) is 0.240. The quantitative estimate of drug-likeness (QED) is 0.472. The molecule has 0 amide bonds. The van der Waals surface area contributed by atoms with E-state index in [1.165, 1.54) is 0 Å². The highest BCUT2D eigenvalue weighted by Gasteiger charge is 2.33. The summed E-state index contributed by atoms with van der Waals surface area (Å²) in [5, 5.41) is 11.2. The van der Waals surface area contributed by atoms with Gasteiger partial charge in [-0.15, -0.1) is 0 Å². The molecule has 156 valence electrons. The third kappa shape index (κ3) is 3.49. The van der Waals surface area contributed by atoms with Crippen molar-refractivity contribution in [2.45, 2.75) is 18.9 Å². The first-order chi connectivity index (χ1) is 15.1. The van der Waals surface area contributed by atoms with E-state index >= 15 is 0 Å². The first-order valence-corrected chi connectivity index (χ1v) is 10.5. The fourth-order valence-corrected chi connectivity index (χ4v) is 4.32. The highest BCUT2D eigenvalue weighted by Crippen LogP contribution is 2.47. The van der Waals surface area contributed by atoms with Gasteiger partial charge in [0, 0.05) is 35.8 Å². The van der Waals surface area contributed by atoms with E-state index in [1.807, 2.05) is 29.0 Å². The minimum atomic E-state index is -0.154. The normalized spacial score (nSPS) is 14.9. The van der Waals surface area contributed by atoms with Gasteiger partial charge in [0.05, 0.1) is 5.56 Å². The Labute approximate surface area is 181 Å². The van der Waals surface area contributed by atoms with Gasteiger partial charge in [-0.3, -0.25) is 10.4 Å². The third-order valence-electron chi connectivity index (χ3n) is 5.82. The Morgan fingerprint density at radius 1 is 1.10 bits per heavy atom. The molecule has 0 spiro atoms. The number of nitrogens with zero attached hydrogens (tertiary/aromatic N) is 4. The summed E-state index contributed by atoms with van der Waals surface area (Å²) in [6, 6.07) is 16.4. The van der Waals surface area contributed by atoms with Crippen LogP contribution in [0.5, 0.6) is 11.6 Å². The molecule has 0 saturated heterocycles. The molecule has 2 aromatic heterocycles. The number of fused-ring (bicyclic) bond motifs is 4. The van der Waals surface area contributed by atoms with Crippen LogP contribution in [0.4, 0.5) is 0 Å². The standard InChI is InChI=1S/C25H25N5O/c1-29(2)13-6-14-30-16-28-25-22(24(30)26)21(18-8-5-12-27-15-18)20-11-10-17-7-3-4-9-19(17)23(20)31-25/h3-5,7-12,15-16,21,26H,6,13-14H2,1-2H3. The summed E-state index contributed by atoms with van der Waals surface area (Å²) in [4.78, 5) is 11.2. The number of hydrogen-bond donors (Lipinski definition) is 1. The van der Waals surface area contributed by atoms with E-state index in [4.69, 9.17) is 10.1 Å². The maximum Gasteiger partial charge on any atom is 0.228 e. The van der Waals surface area contributed by atoms with Crippen LogP contribution >= 0.6 is 0 Å². The Hall–Kier alpha value is -3.51. The van der Waals surface area contributed by atoms with Crippen molar-refractivity contribution in [3.05, 3.63) is 89.4 Å². The Morgan fingerprint density at radius 3 is 2.77 bits per heavy atom. The summed E-state index contributed by atoms with van der Waals surface area (Å²) in [7, 11) is 4.12. The highest BCUT2D eigenvalue weighted by atomic mass is 16.5.